The standard InChI is InChI=1S/C18H21Cl3N2O/c1-2-3-10-23(18(24)17(20)21)13-15-8-6-11-22(15)12-14-7-4-5-9-16(14)19/h4-9,11,17H,2-3,10,12-13H2,1H3. The molecular formula is C18H21Cl3N2O. The first-order chi connectivity index (χ1) is 11.5. The molecule has 0 atom stereocenters. The van der Waals surface area contributed by atoms with E-state index < -0.39 is 4.84 Å². The van der Waals surface area contributed by atoms with Crippen molar-refractivity contribution < 1.29 is 4.79 Å². The van der Waals surface area contributed by atoms with Gasteiger partial charge >= 0.3 is 0 Å². The molecule has 0 bridgehead atoms. The van der Waals surface area contributed by atoms with E-state index in [1.54, 1.807) is 4.90 Å². The maximum absolute atomic E-state index is 12.2. The lowest BCUT2D eigenvalue weighted by molar-refractivity contribution is -0.130. The van der Waals surface area contributed by atoms with E-state index in [9.17, 15) is 4.79 Å². The topological polar surface area (TPSA) is 25.2 Å². The number of aromatic nitrogens is 1. The van der Waals surface area contributed by atoms with E-state index in [-0.39, 0.29) is 5.91 Å². The number of benzene rings is 1. The molecule has 1 aromatic carbocycles. The van der Waals surface area contributed by atoms with Gasteiger partial charge in [-0.3, -0.25) is 4.79 Å². The van der Waals surface area contributed by atoms with E-state index in [0.717, 1.165) is 29.1 Å². The van der Waals surface area contributed by atoms with Crippen molar-refractivity contribution in [2.75, 3.05) is 6.54 Å². The molecule has 0 N–H and O–H groups in total. The Kier molecular flexibility index (Phi) is 7.47. The maximum Gasteiger partial charge on any atom is 0.256 e. The number of carbonyl (C=O) groups is 1. The molecule has 0 saturated heterocycles. The van der Waals surface area contributed by atoms with E-state index in [1.807, 2.05) is 42.6 Å². The summed E-state index contributed by atoms with van der Waals surface area (Å²) in [6.45, 7) is 3.86. The van der Waals surface area contributed by atoms with Gasteiger partial charge in [0.15, 0.2) is 4.84 Å². The molecule has 2 aromatic rings. The first-order valence-electron chi connectivity index (χ1n) is 7.97. The number of carbonyl (C=O) groups excluding carboxylic acids is 1. The summed E-state index contributed by atoms with van der Waals surface area (Å²) in [6.07, 6.45) is 3.90. The van der Waals surface area contributed by atoms with Gasteiger partial charge in [-0.1, -0.05) is 66.3 Å². The molecule has 1 aromatic heterocycles. The fraction of sp³-hybridized carbons (Fsp3) is 0.389. The second kappa shape index (κ2) is 9.36. The number of nitrogens with zero attached hydrogens (tertiary/aromatic N) is 2. The monoisotopic (exact) mass is 386 g/mol. The van der Waals surface area contributed by atoms with Gasteiger partial charge in [-0.15, -0.1) is 0 Å². The summed E-state index contributed by atoms with van der Waals surface area (Å²) in [5.74, 6) is -0.253. The lowest BCUT2D eigenvalue weighted by Crippen LogP contribution is -2.35. The highest BCUT2D eigenvalue weighted by molar-refractivity contribution is 6.53. The van der Waals surface area contributed by atoms with Gasteiger partial charge in [0.05, 0.1) is 6.54 Å². The number of hydrogen-bond donors (Lipinski definition) is 0. The maximum atomic E-state index is 12.2. The van der Waals surface area contributed by atoms with Crippen molar-refractivity contribution in [2.24, 2.45) is 0 Å². The van der Waals surface area contributed by atoms with Crippen molar-refractivity contribution in [1.82, 2.24) is 9.47 Å². The van der Waals surface area contributed by atoms with Crippen LogP contribution in [-0.2, 0) is 17.9 Å². The van der Waals surface area contributed by atoms with Gasteiger partial charge in [0, 0.05) is 30.0 Å². The molecule has 0 aliphatic carbocycles. The van der Waals surface area contributed by atoms with E-state index in [2.05, 4.69) is 11.5 Å². The van der Waals surface area contributed by atoms with Gasteiger partial charge < -0.3 is 9.47 Å². The lowest BCUT2D eigenvalue weighted by Gasteiger charge is -2.24. The van der Waals surface area contributed by atoms with Crippen LogP contribution in [0.1, 0.15) is 31.0 Å². The molecule has 0 aliphatic rings. The zero-order valence-electron chi connectivity index (χ0n) is 13.6. The fourth-order valence-corrected chi connectivity index (χ4v) is 2.98. The Bertz CT molecular complexity index is 670. The minimum Gasteiger partial charge on any atom is -0.345 e. The van der Waals surface area contributed by atoms with Crippen LogP contribution in [0.15, 0.2) is 42.6 Å². The van der Waals surface area contributed by atoms with Crippen molar-refractivity contribution in [2.45, 2.75) is 37.7 Å². The van der Waals surface area contributed by atoms with E-state index in [0.29, 0.717) is 19.6 Å². The first kappa shape index (κ1) is 19.2. The second-order valence-corrected chi connectivity index (χ2v) is 7.14. The molecule has 1 amide bonds. The summed E-state index contributed by atoms with van der Waals surface area (Å²) in [7, 11) is 0. The summed E-state index contributed by atoms with van der Waals surface area (Å²) in [5.41, 5.74) is 2.06. The molecule has 0 saturated carbocycles. The Morgan fingerprint density at radius 3 is 2.62 bits per heavy atom. The van der Waals surface area contributed by atoms with Gasteiger partial charge in [-0.05, 0) is 30.2 Å². The largest absolute Gasteiger partial charge is 0.345 e. The van der Waals surface area contributed by atoms with Crippen LogP contribution in [0.4, 0.5) is 0 Å². The highest BCUT2D eigenvalue weighted by Gasteiger charge is 2.21. The van der Waals surface area contributed by atoms with Gasteiger partial charge in [0.1, 0.15) is 0 Å². The summed E-state index contributed by atoms with van der Waals surface area (Å²) >= 11 is 17.8. The molecule has 2 rings (SSSR count). The fourth-order valence-electron chi connectivity index (χ4n) is 2.51. The van der Waals surface area contributed by atoms with E-state index in [1.165, 1.54) is 0 Å². The molecule has 0 unspecified atom stereocenters. The van der Waals surface area contributed by atoms with Gasteiger partial charge in [-0.2, -0.15) is 0 Å². The molecule has 1 heterocycles. The number of hydrogen-bond acceptors (Lipinski definition) is 1. The number of halogens is 3. The van der Waals surface area contributed by atoms with Crippen LogP contribution in [0, 0.1) is 0 Å². The predicted octanol–water partition coefficient (Wildman–Crippen LogP) is 5.12. The molecule has 6 heteroatoms. The molecular weight excluding hydrogens is 367 g/mol. The number of amides is 1. The summed E-state index contributed by atoms with van der Waals surface area (Å²) in [5, 5.41) is 0.734. The zero-order chi connectivity index (χ0) is 17.5. The van der Waals surface area contributed by atoms with Crippen molar-refractivity contribution in [1.29, 1.82) is 0 Å². The van der Waals surface area contributed by atoms with Crippen LogP contribution in [-0.4, -0.2) is 26.8 Å². The van der Waals surface area contributed by atoms with Crippen molar-refractivity contribution in [3.8, 4) is 0 Å². The Labute approximate surface area is 158 Å². The Balaban J connectivity index is 2.15. The quantitative estimate of drug-likeness (QED) is 0.577. The zero-order valence-corrected chi connectivity index (χ0v) is 15.9. The van der Waals surface area contributed by atoms with E-state index >= 15 is 0 Å². The Hall–Kier alpha value is -1.16. The summed E-state index contributed by atoms with van der Waals surface area (Å²) < 4.78 is 2.09. The van der Waals surface area contributed by atoms with Gasteiger partial charge in [0.2, 0.25) is 0 Å². The molecule has 0 radical (unpaired) electrons. The van der Waals surface area contributed by atoms with Crippen LogP contribution >= 0.6 is 34.8 Å². The van der Waals surface area contributed by atoms with Crippen LogP contribution < -0.4 is 0 Å². The van der Waals surface area contributed by atoms with Crippen LogP contribution in [0.2, 0.25) is 5.02 Å². The highest BCUT2D eigenvalue weighted by Crippen LogP contribution is 2.19. The Morgan fingerprint density at radius 2 is 1.96 bits per heavy atom. The minimum absolute atomic E-state index is 0.253. The molecule has 24 heavy (non-hydrogen) atoms. The van der Waals surface area contributed by atoms with Gasteiger partial charge in [0.25, 0.3) is 5.91 Å². The molecule has 130 valence electrons. The average molecular weight is 388 g/mol. The minimum atomic E-state index is -1.03. The molecule has 0 spiro atoms. The van der Waals surface area contributed by atoms with Crippen molar-refractivity contribution >= 4 is 40.7 Å². The SMILES string of the molecule is CCCCN(Cc1cccn1Cc1ccccc1Cl)C(=O)C(Cl)Cl. The molecule has 0 aliphatic heterocycles. The third-order valence-corrected chi connectivity index (χ3v) is 4.60. The summed E-state index contributed by atoms with van der Waals surface area (Å²) in [4.78, 5) is 12.9. The van der Waals surface area contributed by atoms with E-state index in [4.69, 9.17) is 34.8 Å². The van der Waals surface area contributed by atoms with Crippen molar-refractivity contribution in [3.05, 3.63) is 58.9 Å². The lowest BCUT2D eigenvalue weighted by atomic mass is 10.2. The second-order valence-electron chi connectivity index (χ2n) is 5.63. The predicted molar refractivity (Wildman–Crippen MR) is 101 cm³/mol. The summed E-state index contributed by atoms with van der Waals surface area (Å²) in [6, 6.07) is 11.7. The normalized spacial score (nSPS) is 11.0. The van der Waals surface area contributed by atoms with Crippen LogP contribution in [0.3, 0.4) is 0 Å². The third-order valence-electron chi connectivity index (χ3n) is 3.85. The average Bonchev–Trinajstić information content (AvgIpc) is 2.99. The number of rotatable bonds is 8. The third kappa shape index (κ3) is 5.17. The highest BCUT2D eigenvalue weighted by atomic mass is 35.5. The first-order valence-corrected chi connectivity index (χ1v) is 9.22. The number of alkyl halides is 2. The molecule has 3 nitrogen and oxygen atoms in total. The van der Waals surface area contributed by atoms with Crippen LogP contribution in [0.5, 0.6) is 0 Å². The molecule has 0 fully saturated rings. The van der Waals surface area contributed by atoms with Gasteiger partial charge in [-0.25, -0.2) is 0 Å². The van der Waals surface area contributed by atoms with Crippen LogP contribution in [0.25, 0.3) is 0 Å². The smallest absolute Gasteiger partial charge is 0.256 e. The number of unbranched alkanes of at least 4 members (excludes halogenated alkanes) is 1. The Morgan fingerprint density at radius 1 is 1.21 bits per heavy atom. The van der Waals surface area contributed by atoms with Crippen molar-refractivity contribution in [3.63, 3.8) is 0 Å².